The van der Waals surface area contributed by atoms with Crippen molar-refractivity contribution in [3.05, 3.63) is 29.8 Å². The van der Waals surface area contributed by atoms with Crippen LogP contribution in [0.3, 0.4) is 0 Å². The summed E-state index contributed by atoms with van der Waals surface area (Å²) < 4.78 is 5.57. The zero-order valence-electron chi connectivity index (χ0n) is 11.0. The average molecular weight is 249 g/mol. The van der Waals surface area contributed by atoms with Gasteiger partial charge in [0.1, 0.15) is 12.4 Å². The lowest BCUT2D eigenvalue weighted by molar-refractivity contribution is -0.151. The van der Waals surface area contributed by atoms with Crippen LogP contribution in [0.15, 0.2) is 24.3 Å². The minimum atomic E-state index is -0.386. The molecular weight excluding hydrogens is 230 g/mol. The maximum atomic E-state index is 11.9. The molecule has 1 aromatic carbocycles. The van der Waals surface area contributed by atoms with E-state index in [-0.39, 0.29) is 17.4 Å². The third-order valence-electron chi connectivity index (χ3n) is 2.71. The zero-order chi connectivity index (χ0) is 13.2. The molecular formula is C14H19NO3. The number of carbonyl (C=O) groups is 1. The van der Waals surface area contributed by atoms with Crippen molar-refractivity contribution < 1.29 is 14.4 Å². The number of rotatable bonds is 2. The summed E-state index contributed by atoms with van der Waals surface area (Å²) in [5, 5.41) is 0. The fourth-order valence-electron chi connectivity index (χ4n) is 1.78. The number of fused-ring (bicyclic) bond motifs is 1. The van der Waals surface area contributed by atoms with Gasteiger partial charge in [-0.1, -0.05) is 18.2 Å². The Morgan fingerprint density at radius 3 is 2.83 bits per heavy atom. The summed E-state index contributed by atoms with van der Waals surface area (Å²) in [6.07, 6.45) is 0.690. The number of carbonyl (C=O) groups excluding carboxylic acids is 1. The van der Waals surface area contributed by atoms with Gasteiger partial charge in [-0.2, -0.15) is 0 Å². The number of hydroxylamine groups is 1. The van der Waals surface area contributed by atoms with E-state index < -0.39 is 0 Å². The van der Waals surface area contributed by atoms with Crippen molar-refractivity contribution in [1.29, 1.82) is 0 Å². The number of hydrogen-bond donors (Lipinski definition) is 1. The van der Waals surface area contributed by atoms with E-state index >= 15 is 0 Å². The van der Waals surface area contributed by atoms with E-state index in [4.69, 9.17) is 9.57 Å². The molecule has 1 aliphatic heterocycles. The highest BCUT2D eigenvalue weighted by Gasteiger charge is 2.26. The van der Waals surface area contributed by atoms with Crippen LogP contribution in [0.5, 0.6) is 5.75 Å². The summed E-state index contributed by atoms with van der Waals surface area (Å²) in [5.41, 5.74) is 3.19. The van der Waals surface area contributed by atoms with Crippen molar-refractivity contribution in [3.8, 4) is 5.75 Å². The Balaban J connectivity index is 1.95. The number of hydrogen-bond acceptors (Lipinski definition) is 3. The monoisotopic (exact) mass is 249 g/mol. The van der Waals surface area contributed by atoms with E-state index in [2.05, 4.69) is 5.48 Å². The average Bonchev–Trinajstić information content (AvgIpc) is 2.34. The first-order chi connectivity index (χ1) is 8.46. The largest absolute Gasteiger partial charge is 0.492 e. The van der Waals surface area contributed by atoms with Crippen molar-refractivity contribution >= 4 is 5.91 Å². The molecule has 18 heavy (non-hydrogen) atoms. The Kier molecular flexibility index (Phi) is 3.57. The maximum Gasteiger partial charge on any atom is 0.250 e. The highest BCUT2D eigenvalue weighted by atomic mass is 16.7. The molecule has 1 atom stereocenters. The van der Waals surface area contributed by atoms with Gasteiger partial charge in [0.15, 0.2) is 0 Å². The standard InChI is InChI=1S/C14H19NO3/c1-14(2,3)18-15-13(16)11-8-10-6-4-5-7-12(10)17-9-11/h4-7,11H,8-9H2,1-3H3,(H,15,16)/t11-/m0/s1. The smallest absolute Gasteiger partial charge is 0.250 e. The molecule has 0 saturated heterocycles. The van der Waals surface area contributed by atoms with Gasteiger partial charge in [0, 0.05) is 0 Å². The molecule has 0 unspecified atom stereocenters. The fourth-order valence-corrected chi connectivity index (χ4v) is 1.78. The van der Waals surface area contributed by atoms with Crippen molar-refractivity contribution in [1.82, 2.24) is 5.48 Å². The molecule has 1 aromatic rings. The van der Waals surface area contributed by atoms with Gasteiger partial charge in [0.05, 0.1) is 11.5 Å². The molecule has 98 valence electrons. The number of benzene rings is 1. The second-order valence-electron chi connectivity index (χ2n) is 5.50. The van der Waals surface area contributed by atoms with Crippen LogP contribution < -0.4 is 10.2 Å². The highest BCUT2D eigenvalue weighted by Crippen LogP contribution is 2.26. The lowest BCUT2D eigenvalue weighted by Gasteiger charge is -2.26. The minimum Gasteiger partial charge on any atom is -0.492 e. The van der Waals surface area contributed by atoms with Crippen LogP contribution in [0.4, 0.5) is 0 Å². The predicted molar refractivity (Wildman–Crippen MR) is 68.1 cm³/mol. The van der Waals surface area contributed by atoms with Gasteiger partial charge in [-0.25, -0.2) is 5.48 Å². The zero-order valence-corrected chi connectivity index (χ0v) is 11.0. The Morgan fingerprint density at radius 2 is 2.11 bits per heavy atom. The van der Waals surface area contributed by atoms with Crippen molar-refractivity contribution in [2.45, 2.75) is 32.8 Å². The van der Waals surface area contributed by atoms with Crippen LogP contribution in [-0.4, -0.2) is 18.1 Å². The normalized spacial score (nSPS) is 18.7. The number of ether oxygens (including phenoxy) is 1. The summed E-state index contributed by atoms with van der Waals surface area (Å²) >= 11 is 0. The van der Waals surface area contributed by atoms with Gasteiger partial charge in [-0.3, -0.25) is 9.63 Å². The fraction of sp³-hybridized carbons (Fsp3) is 0.500. The van der Waals surface area contributed by atoms with Crippen molar-refractivity contribution in [3.63, 3.8) is 0 Å². The van der Waals surface area contributed by atoms with E-state index in [1.165, 1.54) is 0 Å². The third-order valence-corrected chi connectivity index (χ3v) is 2.71. The summed E-state index contributed by atoms with van der Waals surface area (Å²) in [5.74, 6) is 0.556. The van der Waals surface area contributed by atoms with Gasteiger partial charge < -0.3 is 4.74 Å². The molecule has 0 fully saturated rings. The highest BCUT2D eigenvalue weighted by molar-refractivity contribution is 5.78. The molecule has 0 aromatic heterocycles. The lowest BCUT2D eigenvalue weighted by Crippen LogP contribution is -2.41. The molecule has 1 amide bonds. The van der Waals surface area contributed by atoms with Gasteiger partial charge in [-0.15, -0.1) is 0 Å². The van der Waals surface area contributed by atoms with Gasteiger partial charge in [0.25, 0.3) is 0 Å². The van der Waals surface area contributed by atoms with Crippen LogP contribution >= 0.6 is 0 Å². The first kappa shape index (κ1) is 12.9. The van der Waals surface area contributed by atoms with E-state index in [9.17, 15) is 4.79 Å². The Morgan fingerprint density at radius 1 is 1.39 bits per heavy atom. The molecule has 0 aliphatic carbocycles. The summed E-state index contributed by atoms with van der Waals surface area (Å²) in [4.78, 5) is 17.2. The second-order valence-corrected chi connectivity index (χ2v) is 5.50. The van der Waals surface area contributed by atoms with Crippen molar-refractivity contribution in [2.75, 3.05) is 6.61 Å². The topological polar surface area (TPSA) is 47.6 Å². The van der Waals surface area contributed by atoms with Crippen LogP contribution in [0.25, 0.3) is 0 Å². The number of amides is 1. The lowest BCUT2D eigenvalue weighted by atomic mass is 9.96. The molecule has 1 aliphatic rings. The predicted octanol–water partition coefficient (Wildman–Crippen LogP) is 2.08. The molecule has 0 spiro atoms. The van der Waals surface area contributed by atoms with E-state index in [0.29, 0.717) is 13.0 Å². The van der Waals surface area contributed by atoms with E-state index in [1.807, 2.05) is 45.0 Å². The molecule has 2 rings (SSSR count). The summed E-state index contributed by atoms with van der Waals surface area (Å²) in [7, 11) is 0. The van der Waals surface area contributed by atoms with Gasteiger partial charge >= 0.3 is 0 Å². The molecule has 1 heterocycles. The van der Waals surface area contributed by atoms with Crippen LogP contribution in [0.2, 0.25) is 0 Å². The quantitative estimate of drug-likeness (QED) is 0.816. The molecule has 4 nitrogen and oxygen atoms in total. The third kappa shape index (κ3) is 3.23. The van der Waals surface area contributed by atoms with E-state index in [1.54, 1.807) is 0 Å². The molecule has 0 bridgehead atoms. The maximum absolute atomic E-state index is 11.9. The Hall–Kier alpha value is -1.55. The molecule has 1 N–H and O–H groups in total. The minimum absolute atomic E-state index is 0.126. The Labute approximate surface area is 107 Å². The molecule has 0 radical (unpaired) electrons. The first-order valence-corrected chi connectivity index (χ1v) is 6.14. The molecule has 0 saturated carbocycles. The van der Waals surface area contributed by atoms with E-state index in [0.717, 1.165) is 11.3 Å². The summed E-state index contributed by atoms with van der Waals surface area (Å²) in [6, 6.07) is 7.80. The number of nitrogens with one attached hydrogen (secondary N) is 1. The van der Waals surface area contributed by atoms with Crippen LogP contribution in [0.1, 0.15) is 26.3 Å². The Bertz CT molecular complexity index is 437. The number of para-hydroxylation sites is 1. The van der Waals surface area contributed by atoms with Gasteiger partial charge in [-0.05, 0) is 38.8 Å². The van der Waals surface area contributed by atoms with Gasteiger partial charge in [0.2, 0.25) is 5.91 Å². The SMILES string of the molecule is CC(C)(C)ONC(=O)[C@@H]1COc2ccccc2C1. The van der Waals surface area contributed by atoms with Crippen LogP contribution in [0, 0.1) is 5.92 Å². The van der Waals surface area contributed by atoms with Crippen molar-refractivity contribution in [2.24, 2.45) is 5.92 Å². The first-order valence-electron chi connectivity index (χ1n) is 6.14. The van der Waals surface area contributed by atoms with Crippen LogP contribution in [-0.2, 0) is 16.1 Å². The molecule has 4 heteroatoms. The summed E-state index contributed by atoms with van der Waals surface area (Å²) in [6.45, 7) is 6.07. The second kappa shape index (κ2) is 4.98.